The number of β-amino-alcohol motifs (C(OH)–C–C–N with tert-alkyl or cyclic N) is 1. The lowest BCUT2D eigenvalue weighted by Gasteiger charge is -2.36. The van der Waals surface area contributed by atoms with Gasteiger partial charge in [-0.25, -0.2) is 0 Å². The summed E-state index contributed by atoms with van der Waals surface area (Å²) < 4.78 is 0. The summed E-state index contributed by atoms with van der Waals surface area (Å²) in [5.41, 5.74) is -0.248. The molecule has 86 valence electrons. The number of hydrogen-bond donors (Lipinski definition) is 1. The molecule has 0 aliphatic carbocycles. The molecule has 2 rings (SSSR count). The smallest absolute Gasteiger partial charge is 0.255 e. The average molecular weight is 221 g/mol. The number of piperidine rings is 1. The van der Waals surface area contributed by atoms with Crippen LogP contribution in [0.1, 0.15) is 30.1 Å². The summed E-state index contributed by atoms with van der Waals surface area (Å²) in [6, 6.07) is 1.64. The van der Waals surface area contributed by atoms with E-state index in [1.807, 2.05) is 0 Å². The number of aliphatic hydroxyl groups is 1. The van der Waals surface area contributed by atoms with Crippen molar-refractivity contribution in [2.24, 2.45) is 0 Å². The van der Waals surface area contributed by atoms with Crippen LogP contribution in [0.25, 0.3) is 0 Å². The third-order valence-electron chi connectivity index (χ3n) is 2.79. The molecule has 1 unspecified atom stereocenters. The summed E-state index contributed by atoms with van der Waals surface area (Å²) in [5, 5.41) is 17.2. The Morgan fingerprint density at radius 1 is 1.56 bits per heavy atom. The molecule has 1 atom stereocenters. The van der Waals surface area contributed by atoms with E-state index in [1.165, 1.54) is 12.4 Å². The summed E-state index contributed by atoms with van der Waals surface area (Å²) in [7, 11) is 0. The Morgan fingerprint density at radius 3 is 3.00 bits per heavy atom. The highest BCUT2D eigenvalue weighted by atomic mass is 16.3. The molecule has 0 saturated carbocycles. The van der Waals surface area contributed by atoms with Gasteiger partial charge < -0.3 is 10.0 Å². The molecule has 5 nitrogen and oxygen atoms in total. The van der Waals surface area contributed by atoms with Crippen LogP contribution in [0.2, 0.25) is 0 Å². The van der Waals surface area contributed by atoms with Crippen molar-refractivity contribution < 1.29 is 9.90 Å². The van der Waals surface area contributed by atoms with Crippen molar-refractivity contribution in [3.63, 3.8) is 0 Å². The minimum absolute atomic E-state index is 0.0881. The summed E-state index contributed by atoms with van der Waals surface area (Å²) >= 11 is 0. The molecule has 1 aliphatic heterocycles. The van der Waals surface area contributed by atoms with E-state index < -0.39 is 5.60 Å². The van der Waals surface area contributed by atoms with Crippen molar-refractivity contribution in [1.82, 2.24) is 15.1 Å². The van der Waals surface area contributed by atoms with Gasteiger partial charge in [0.25, 0.3) is 5.91 Å². The van der Waals surface area contributed by atoms with Gasteiger partial charge in [0.05, 0.1) is 23.6 Å². The number of carbonyl (C=O) groups is 1. The van der Waals surface area contributed by atoms with E-state index in [1.54, 1.807) is 17.9 Å². The molecule has 0 spiro atoms. The average Bonchev–Trinajstić information content (AvgIpc) is 2.28. The SMILES string of the molecule is CC1(O)CCCN(C(=O)c2ccnnc2)C1. The standard InChI is InChI=1S/C11H15N3O2/c1-11(16)4-2-6-14(8-11)10(15)9-3-5-12-13-7-9/h3,5,7,16H,2,4,6,8H2,1H3. The molecule has 1 N–H and O–H groups in total. The second kappa shape index (κ2) is 4.17. The molecule has 1 aliphatic rings. The Balaban J connectivity index is 2.11. The van der Waals surface area contributed by atoms with Crippen LogP contribution >= 0.6 is 0 Å². The van der Waals surface area contributed by atoms with Crippen molar-refractivity contribution >= 4 is 5.91 Å². The maximum atomic E-state index is 12.0. The van der Waals surface area contributed by atoms with Crippen LogP contribution in [0, 0.1) is 0 Å². The molecule has 2 heterocycles. The minimum atomic E-state index is -0.769. The van der Waals surface area contributed by atoms with E-state index in [-0.39, 0.29) is 5.91 Å². The first-order chi connectivity index (χ1) is 7.58. The quantitative estimate of drug-likeness (QED) is 0.748. The van der Waals surface area contributed by atoms with Crippen LogP contribution in [-0.2, 0) is 0 Å². The van der Waals surface area contributed by atoms with Crippen molar-refractivity contribution in [2.75, 3.05) is 13.1 Å². The van der Waals surface area contributed by atoms with Crippen molar-refractivity contribution in [3.05, 3.63) is 24.0 Å². The molecular formula is C11H15N3O2. The minimum Gasteiger partial charge on any atom is -0.388 e. The molecule has 1 aromatic rings. The fourth-order valence-electron chi connectivity index (χ4n) is 1.99. The largest absolute Gasteiger partial charge is 0.388 e. The number of nitrogens with zero attached hydrogens (tertiary/aromatic N) is 3. The first-order valence-electron chi connectivity index (χ1n) is 5.37. The maximum Gasteiger partial charge on any atom is 0.255 e. The van der Waals surface area contributed by atoms with E-state index in [4.69, 9.17) is 0 Å². The van der Waals surface area contributed by atoms with Gasteiger partial charge in [0.15, 0.2) is 0 Å². The highest BCUT2D eigenvalue weighted by Gasteiger charge is 2.31. The zero-order valence-electron chi connectivity index (χ0n) is 9.26. The molecule has 0 bridgehead atoms. The number of aromatic nitrogens is 2. The second-order valence-corrected chi connectivity index (χ2v) is 4.46. The van der Waals surface area contributed by atoms with E-state index in [2.05, 4.69) is 10.2 Å². The Labute approximate surface area is 94.1 Å². The summed E-state index contributed by atoms with van der Waals surface area (Å²) in [4.78, 5) is 13.7. The van der Waals surface area contributed by atoms with Crippen LogP contribution in [0.3, 0.4) is 0 Å². The van der Waals surface area contributed by atoms with E-state index >= 15 is 0 Å². The maximum absolute atomic E-state index is 12.0. The third-order valence-corrected chi connectivity index (χ3v) is 2.79. The Morgan fingerprint density at radius 2 is 2.38 bits per heavy atom. The molecule has 0 aromatic carbocycles. The summed E-state index contributed by atoms with van der Waals surface area (Å²) in [6.07, 6.45) is 4.52. The lowest BCUT2D eigenvalue weighted by molar-refractivity contribution is -0.0107. The number of likely N-dealkylation sites (tertiary alicyclic amines) is 1. The predicted molar refractivity (Wildman–Crippen MR) is 57.8 cm³/mol. The van der Waals surface area contributed by atoms with E-state index in [9.17, 15) is 9.90 Å². The van der Waals surface area contributed by atoms with Gasteiger partial charge in [-0.2, -0.15) is 10.2 Å². The number of carbonyl (C=O) groups excluding carboxylic acids is 1. The topological polar surface area (TPSA) is 66.3 Å². The Hall–Kier alpha value is -1.49. The monoisotopic (exact) mass is 221 g/mol. The molecular weight excluding hydrogens is 206 g/mol. The summed E-state index contributed by atoms with van der Waals surface area (Å²) in [6.45, 7) is 2.84. The molecule has 5 heteroatoms. The van der Waals surface area contributed by atoms with Gasteiger partial charge in [-0.1, -0.05) is 0 Å². The van der Waals surface area contributed by atoms with E-state index in [0.717, 1.165) is 12.8 Å². The highest BCUT2D eigenvalue weighted by molar-refractivity contribution is 5.93. The number of rotatable bonds is 1. The van der Waals surface area contributed by atoms with Gasteiger partial charge in [-0.3, -0.25) is 4.79 Å². The fraction of sp³-hybridized carbons (Fsp3) is 0.545. The second-order valence-electron chi connectivity index (χ2n) is 4.46. The molecule has 1 saturated heterocycles. The van der Waals surface area contributed by atoms with Crippen LogP contribution in [0.5, 0.6) is 0 Å². The van der Waals surface area contributed by atoms with Gasteiger partial charge >= 0.3 is 0 Å². The van der Waals surface area contributed by atoms with Crippen molar-refractivity contribution in [2.45, 2.75) is 25.4 Å². The van der Waals surface area contributed by atoms with Crippen molar-refractivity contribution in [1.29, 1.82) is 0 Å². The fourth-order valence-corrected chi connectivity index (χ4v) is 1.99. The molecule has 1 amide bonds. The highest BCUT2D eigenvalue weighted by Crippen LogP contribution is 2.21. The zero-order chi connectivity index (χ0) is 11.6. The lowest BCUT2D eigenvalue weighted by Crippen LogP contribution is -2.48. The third kappa shape index (κ3) is 2.36. The van der Waals surface area contributed by atoms with Crippen molar-refractivity contribution in [3.8, 4) is 0 Å². The normalized spacial score (nSPS) is 25.5. The first-order valence-corrected chi connectivity index (χ1v) is 5.37. The van der Waals surface area contributed by atoms with Crippen LogP contribution in [-0.4, -0.2) is 44.8 Å². The number of amides is 1. The van der Waals surface area contributed by atoms with Gasteiger partial charge in [0.2, 0.25) is 0 Å². The Bertz CT molecular complexity index is 378. The zero-order valence-corrected chi connectivity index (χ0v) is 9.26. The van der Waals surface area contributed by atoms with Gasteiger partial charge in [0, 0.05) is 13.1 Å². The van der Waals surface area contributed by atoms with Crippen LogP contribution in [0.15, 0.2) is 18.5 Å². The van der Waals surface area contributed by atoms with Gasteiger partial charge in [-0.15, -0.1) is 0 Å². The summed E-state index contributed by atoms with van der Waals surface area (Å²) in [5.74, 6) is -0.0881. The van der Waals surface area contributed by atoms with Gasteiger partial charge in [0.1, 0.15) is 0 Å². The Kier molecular flexibility index (Phi) is 2.87. The lowest BCUT2D eigenvalue weighted by atomic mass is 9.95. The van der Waals surface area contributed by atoms with Crippen LogP contribution in [0.4, 0.5) is 0 Å². The molecule has 0 radical (unpaired) electrons. The first kappa shape index (κ1) is 11.0. The number of hydrogen-bond acceptors (Lipinski definition) is 4. The molecule has 16 heavy (non-hydrogen) atoms. The van der Waals surface area contributed by atoms with E-state index in [0.29, 0.717) is 18.7 Å². The van der Waals surface area contributed by atoms with Crippen LogP contribution < -0.4 is 0 Å². The van der Waals surface area contributed by atoms with Gasteiger partial charge in [-0.05, 0) is 25.8 Å². The molecule has 1 fully saturated rings. The predicted octanol–water partition coefficient (Wildman–Crippen LogP) is 0.464. The molecule has 1 aromatic heterocycles.